The summed E-state index contributed by atoms with van der Waals surface area (Å²) in [5.74, 6) is -0.132. The third-order valence-electron chi connectivity index (χ3n) is 4.36. The number of ether oxygens (including phenoxy) is 2. The second kappa shape index (κ2) is 8.43. The molecule has 0 radical (unpaired) electrons. The molecule has 6 nitrogen and oxygen atoms in total. The normalized spacial score (nSPS) is 10.4. The van der Waals surface area contributed by atoms with Crippen LogP contribution in [0.1, 0.15) is 21.7 Å². The minimum atomic E-state index is -0.453. The molecular weight excluding hydrogens is 356 g/mol. The molecule has 0 unspecified atom stereocenters. The zero-order valence-corrected chi connectivity index (χ0v) is 16.1. The van der Waals surface area contributed by atoms with Crippen molar-refractivity contribution in [2.45, 2.75) is 13.8 Å². The van der Waals surface area contributed by atoms with Gasteiger partial charge in [-0.15, -0.1) is 0 Å². The molecule has 1 aromatic heterocycles. The van der Waals surface area contributed by atoms with Crippen molar-refractivity contribution in [2.24, 2.45) is 0 Å². The molecule has 0 spiro atoms. The summed E-state index contributed by atoms with van der Waals surface area (Å²) in [4.78, 5) is 23.6. The SMILES string of the molecule is COC(=O)COc1ccc(NC(=O)c2ccc(-n3c(C)ccc3C)cc2)cc1. The minimum Gasteiger partial charge on any atom is -0.482 e. The number of rotatable bonds is 6. The fraction of sp³-hybridized carbons (Fsp3) is 0.182. The van der Waals surface area contributed by atoms with Crippen LogP contribution in [0.2, 0.25) is 0 Å². The molecule has 1 N–H and O–H groups in total. The van der Waals surface area contributed by atoms with Crippen molar-refractivity contribution in [3.8, 4) is 11.4 Å². The summed E-state index contributed by atoms with van der Waals surface area (Å²) < 4.78 is 11.9. The number of methoxy groups -OCH3 is 1. The molecule has 28 heavy (non-hydrogen) atoms. The van der Waals surface area contributed by atoms with Crippen molar-refractivity contribution in [3.05, 3.63) is 77.6 Å². The Bertz CT molecular complexity index is 953. The van der Waals surface area contributed by atoms with E-state index < -0.39 is 5.97 Å². The van der Waals surface area contributed by atoms with Gasteiger partial charge in [-0.2, -0.15) is 0 Å². The second-order valence-electron chi connectivity index (χ2n) is 6.34. The zero-order valence-electron chi connectivity index (χ0n) is 16.1. The first-order valence-electron chi connectivity index (χ1n) is 8.84. The monoisotopic (exact) mass is 378 g/mol. The highest BCUT2D eigenvalue weighted by Gasteiger charge is 2.09. The van der Waals surface area contributed by atoms with E-state index in [4.69, 9.17) is 4.74 Å². The van der Waals surface area contributed by atoms with E-state index in [0.29, 0.717) is 17.0 Å². The summed E-state index contributed by atoms with van der Waals surface area (Å²) in [6.45, 7) is 3.94. The molecule has 0 fully saturated rings. The molecule has 144 valence electrons. The largest absolute Gasteiger partial charge is 0.482 e. The summed E-state index contributed by atoms with van der Waals surface area (Å²) in [6.07, 6.45) is 0. The van der Waals surface area contributed by atoms with Crippen LogP contribution in [-0.2, 0) is 9.53 Å². The lowest BCUT2D eigenvalue weighted by molar-refractivity contribution is -0.142. The van der Waals surface area contributed by atoms with Crippen LogP contribution in [0.3, 0.4) is 0 Å². The van der Waals surface area contributed by atoms with E-state index in [1.807, 2.05) is 26.0 Å². The predicted octanol–water partition coefficient (Wildman–Crippen LogP) is 3.90. The van der Waals surface area contributed by atoms with Gasteiger partial charge in [-0.1, -0.05) is 0 Å². The van der Waals surface area contributed by atoms with E-state index >= 15 is 0 Å². The van der Waals surface area contributed by atoms with Gasteiger partial charge in [0.25, 0.3) is 5.91 Å². The molecule has 2 aromatic carbocycles. The minimum absolute atomic E-state index is 0.158. The van der Waals surface area contributed by atoms with Gasteiger partial charge < -0.3 is 19.4 Å². The fourth-order valence-corrected chi connectivity index (χ4v) is 2.88. The van der Waals surface area contributed by atoms with Crippen LogP contribution in [-0.4, -0.2) is 30.2 Å². The Hall–Kier alpha value is -3.54. The van der Waals surface area contributed by atoms with Gasteiger partial charge in [-0.05, 0) is 74.5 Å². The smallest absolute Gasteiger partial charge is 0.343 e. The molecular formula is C22H22N2O4. The third kappa shape index (κ3) is 4.40. The summed E-state index contributed by atoms with van der Waals surface area (Å²) in [6, 6.07) is 18.4. The lowest BCUT2D eigenvalue weighted by Crippen LogP contribution is -2.13. The number of anilines is 1. The molecule has 1 heterocycles. The molecule has 0 bridgehead atoms. The van der Waals surface area contributed by atoms with Gasteiger partial charge in [0, 0.05) is 28.3 Å². The van der Waals surface area contributed by atoms with Crippen molar-refractivity contribution in [1.29, 1.82) is 0 Å². The maximum Gasteiger partial charge on any atom is 0.343 e. The van der Waals surface area contributed by atoms with Crippen molar-refractivity contribution in [3.63, 3.8) is 0 Å². The van der Waals surface area contributed by atoms with Crippen LogP contribution in [0.4, 0.5) is 5.69 Å². The number of aromatic nitrogens is 1. The van der Waals surface area contributed by atoms with Crippen LogP contribution < -0.4 is 10.1 Å². The number of esters is 1. The number of hydrogen-bond donors (Lipinski definition) is 1. The van der Waals surface area contributed by atoms with Gasteiger partial charge >= 0.3 is 5.97 Å². The molecule has 0 aliphatic heterocycles. The summed E-state index contributed by atoms with van der Waals surface area (Å²) in [5, 5.41) is 2.85. The topological polar surface area (TPSA) is 69.6 Å². The van der Waals surface area contributed by atoms with Gasteiger partial charge in [0.05, 0.1) is 7.11 Å². The van der Waals surface area contributed by atoms with E-state index in [9.17, 15) is 9.59 Å². The van der Waals surface area contributed by atoms with Crippen LogP contribution in [0, 0.1) is 13.8 Å². The van der Waals surface area contributed by atoms with Crippen molar-refractivity contribution in [2.75, 3.05) is 19.0 Å². The van der Waals surface area contributed by atoms with E-state index in [0.717, 1.165) is 17.1 Å². The number of aryl methyl sites for hydroxylation is 2. The first-order chi connectivity index (χ1) is 13.5. The molecule has 0 atom stereocenters. The van der Waals surface area contributed by atoms with E-state index in [-0.39, 0.29) is 12.5 Å². The average Bonchev–Trinajstić information content (AvgIpc) is 3.05. The van der Waals surface area contributed by atoms with Gasteiger partial charge in [-0.3, -0.25) is 4.79 Å². The Balaban J connectivity index is 1.64. The predicted molar refractivity (Wildman–Crippen MR) is 107 cm³/mol. The van der Waals surface area contributed by atoms with Crippen molar-refractivity contribution < 1.29 is 19.1 Å². The lowest BCUT2D eigenvalue weighted by Gasteiger charge is -2.11. The lowest BCUT2D eigenvalue weighted by atomic mass is 10.2. The Morgan fingerprint density at radius 2 is 1.50 bits per heavy atom. The standard InChI is InChI=1S/C22H22N2O4/c1-15-4-5-16(2)24(15)19-10-6-17(7-11-19)22(26)23-18-8-12-20(13-9-18)28-14-21(25)27-3/h4-13H,14H2,1-3H3,(H,23,26). The zero-order chi connectivity index (χ0) is 20.1. The third-order valence-corrected chi connectivity index (χ3v) is 4.36. The van der Waals surface area contributed by atoms with Crippen molar-refractivity contribution in [1.82, 2.24) is 4.57 Å². The first-order valence-corrected chi connectivity index (χ1v) is 8.84. The van der Waals surface area contributed by atoms with Crippen LogP contribution in [0.15, 0.2) is 60.7 Å². The molecule has 3 aromatic rings. The number of carbonyl (C=O) groups is 2. The van der Waals surface area contributed by atoms with Crippen LogP contribution >= 0.6 is 0 Å². The number of nitrogens with zero attached hydrogens (tertiary/aromatic N) is 1. The average molecular weight is 378 g/mol. The molecule has 0 aliphatic carbocycles. The summed E-state index contributed by atoms with van der Waals surface area (Å²) >= 11 is 0. The van der Waals surface area contributed by atoms with E-state index in [1.165, 1.54) is 7.11 Å². The molecule has 0 saturated heterocycles. The Morgan fingerprint density at radius 1 is 0.893 bits per heavy atom. The van der Waals surface area contributed by atoms with Gasteiger partial charge in [-0.25, -0.2) is 4.79 Å². The number of nitrogens with one attached hydrogen (secondary N) is 1. The Labute approximate surface area is 163 Å². The van der Waals surface area contributed by atoms with Crippen LogP contribution in [0.5, 0.6) is 5.75 Å². The highest BCUT2D eigenvalue weighted by atomic mass is 16.6. The van der Waals surface area contributed by atoms with Gasteiger partial charge in [0.15, 0.2) is 6.61 Å². The van der Waals surface area contributed by atoms with E-state index in [1.54, 1.807) is 36.4 Å². The number of hydrogen-bond acceptors (Lipinski definition) is 4. The molecule has 0 saturated carbocycles. The second-order valence-corrected chi connectivity index (χ2v) is 6.34. The highest BCUT2D eigenvalue weighted by molar-refractivity contribution is 6.04. The number of carbonyl (C=O) groups excluding carboxylic acids is 2. The van der Waals surface area contributed by atoms with Crippen LogP contribution in [0.25, 0.3) is 5.69 Å². The fourth-order valence-electron chi connectivity index (χ4n) is 2.88. The summed E-state index contributed by atoms with van der Waals surface area (Å²) in [7, 11) is 1.30. The maximum absolute atomic E-state index is 12.5. The quantitative estimate of drug-likeness (QED) is 0.661. The maximum atomic E-state index is 12.5. The van der Waals surface area contributed by atoms with Gasteiger partial charge in [0.2, 0.25) is 0 Å². The molecule has 6 heteroatoms. The molecule has 0 aliphatic rings. The van der Waals surface area contributed by atoms with E-state index in [2.05, 4.69) is 26.8 Å². The molecule has 1 amide bonds. The Morgan fingerprint density at radius 3 is 2.07 bits per heavy atom. The van der Waals surface area contributed by atoms with Crippen molar-refractivity contribution >= 4 is 17.6 Å². The number of amides is 1. The highest BCUT2D eigenvalue weighted by Crippen LogP contribution is 2.19. The molecule has 3 rings (SSSR count). The first kappa shape index (κ1) is 19.2. The Kier molecular flexibility index (Phi) is 5.79. The van der Waals surface area contributed by atoms with Gasteiger partial charge in [0.1, 0.15) is 5.75 Å². The summed E-state index contributed by atoms with van der Waals surface area (Å²) in [5.41, 5.74) is 4.51. The number of benzene rings is 2.